The SMILES string of the molecule is O=C(O)CC1CSC(c2cc3cccc(NC4CCCC4)c3[nH]2)=N1.c1cc(NC2CCCC2)c2[nH]c(C3=N[C@H](Cc4nc(N5CCCCC5)no4)CS3)cc2c1. The number of aliphatic imine (C=N–C) groups is 2. The average Bonchev–Trinajstić information content (AvgIpc) is 4.05. The van der Waals surface area contributed by atoms with Gasteiger partial charge in [0.25, 0.3) is 5.95 Å². The molecule has 12 nitrogen and oxygen atoms in total. The molecule has 3 aromatic heterocycles. The summed E-state index contributed by atoms with van der Waals surface area (Å²) in [6.07, 6.45) is 14.8. The van der Waals surface area contributed by atoms with Crippen LogP contribution in [-0.4, -0.2) is 90.0 Å². The Hall–Kier alpha value is -4.43. The van der Waals surface area contributed by atoms with Gasteiger partial charge in [0.1, 0.15) is 10.1 Å². The van der Waals surface area contributed by atoms with Crippen LogP contribution >= 0.6 is 23.5 Å². The lowest BCUT2D eigenvalue weighted by atomic mass is 10.1. The monoisotopic (exact) mass is 793 g/mol. The summed E-state index contributed by atoms with van der Waals surface area (Å²) < 4.78 is 5.55. The topological polar surface area (TPSA) is 160 Å². The van der Waals surface area contributed by atoms with Crippen molar-refractivity contribution < 1.29 is 14.4 Å². The summed E-state index contributed by atoms with van der Waals surface area (Å²) in [4.78, 5) is 34.4. The van der Waals surface area contributed by atoms with Gasteiger partial charge in [0.05, 0.1) is 58.7 Å². The van der Waals surface area contributed by atoms with E-state index < -0.39 is 5.97 Å². The van der Waals surface area contributed by atoms with Crippen LogP contribution in [0.2, 0.25) is 0 Å². The van der Waals surface area contributed by atoms with E-state index in [1.54, 1.807) is 11.8 Å². The van der Waals surface area contributed by atoms with Crippen LogP contribution in [0.1, 0.15) is 94.3 Å². The first-order valence-electron chi connectivity index (χ1n) is 20.5. The van der Waals surface area contributed by atoms with Crippen LogP contribution in [0.4, 0.5) is 17.3 Å². The quantitative estimate of drug-likeness (QED) is 0.0874. The zero-order valence-electron chi connectivity index (χ0n) is 31.8. The van der Waals surface area contributed by atoms with E-state index in [0.29, 0.717) is 24.4 Å². The highest BCUT2D eigenvalue weighted by atomic mass is 32.2. The Labute approximate surface area is 335 Å². The van der Waals surface area contributed by atoms with Gasteiger partial charge in [-0.2, -0.15) is 4.98 Å². The number of anilines is 3. The molecule has 2 atom stereocenters. The van der Waals surface area contributed by atoms with Crippen molar-refractivity contribution in [3.63, 3.8) is 0 Å². The largest absolute Gasteiger partial charge is 0.481 e. The van der Waals surface area contributed by atoms with E-state index in [4.69, 9.17) is 14.6 Å². The molecule has 14 heteroatoms. The minimum Gasteiger partial charge on any atom is -0.481 e. The second-order valence-corrected chi connectivity index (χ2v) is 17.8. The Morgan fingerprint density at radius 1 is 0.768 bits per heavy atom. The van der Waals surface area contributed by atoms with Crippen molar-refractivity contribution >= 4 is 78.7 Å². The maximum absolute atomic E-state index is 10.9. The molecule has 2 aliphatic carbocycles. The molecule has 1 unspecified atom stereocenters. The fourth-order valence-electron chi connectivity index (χ4n) is 8.65. The van der Waals surface area contributed by atoms with Crippen LogP contribution in [-0.2, 0) is 11.2 Å². The molecule has 294 valence electrons. The summed E-state index contributed by atoms with van der Waals surface area (Å²) in [6.45, 7) is 2.05. The summed E-state index contributed by atoms with van der Waals surface area (Å²) in [7, 11) is 0. The highest BCUT2D eigenvalue weighted by molar-refractivity contribution is 8.15. The van der Waals surface area contributed by atoms with Crippen molar-refractivity contribution in [1.29, 1.82) is 0 Å². The third-order valence-corrected chi connectivity index (χ3v) is 13.8. The molecule has 0 radical (unpaired) electrons. The summed E-state index contributed by atoms with van der Waals surface area (Å²) in [5.41, 5.74) is 6.75. The number of H-pyrrole nitrogens is 2. The number of para-hydroxylation sites is 2. The molecular weight excluding hydrogens is 743 g/mol. The normalized spacial score (nSPS) is 21.8. The fourth-order valence-corrected chi connectivity index (χ4v) is 10.7. The first kappa shape index (κ1) is 37.2. The van der Waals surface area contributed by atoms with Crippen molar-refractivity contribution in [3.05, 3.63) is 65.8 Å². The molecule has 0 bridgehead atoms. The second kappa shape index (κ2) is 17.0. The smallest absolute Gasteiger partial charge is 0.305 e. The summed E-state index contributed by atoms with van der Waals surface area (Å²) in [6, 6.07) is 18.4. The van der Waals surface area contributed by atoms with E-state index in [1.807, 2.05) is 11.8 Å². The first-order chi connectivity index (χ1) is 27.5. The molecule has 5 aliphatic rings. The third-order valence-electron chi connectivity index (χ3n) is 11.5. The minimum absolute atomic E-state index is 0.102. The average molecular weight is 794 g/mol. The van der Waals surface area contributed by atoms with Gasteiger partial charge in [-0.15, -0.1) is 23.5 Å². The molecular formula is C42H51N9O3S2. The lowest BCUT2D eigenvalue weighted by Gasteiger charge is -2.24. The van der Waals surface area contributed by atoms with Crippen LogP contribution in [0.5, 0.6) is 0 Å². The zero-order valence-corrected chi connectivity index (χ0v) is 33.4. The number of carbonyl (C=O) groups is 1. The van der Waals surface area contributed by atoms with E-state index in [0.717, 1.165) is 68.6 Å². The highest BCUT2D eigenvalue weighted by Gasteiger charge is 2.26. The molecule has 1 saturated heterocycles. The molecule has 10 rings (SSSR count). The van der Waals surface area contributed by atoms with E-state index in [1.165, 1.54) is 87.2 Å². The second-order valence-electron chi connectivity index (χ2n) is 15.8. The Morgan fingerprint density at radius 3 is 1.89 bits per heavy atom. The van der Waals surface area contributed by atoms with Gasteiger partial charge in [0.15, 0.2) is 0 Å². The maximum atomic E-state index is 10.9. The van der Waals surface area contributed by atoms with E-state index in [9.17, 15) is 4.79 Å². The number of nitrogens with zero attached hydrogens (tertiary/aromatic N) is 5. The number of hydrogen-bond donors (Lipinski definition) is 5. The Balaban J connectivity index is 0.000000153. The number of hydrogen-bond acceptors (Lipinski definition) is 11. The van der Waals surface area contributed by atoms with Crippen LogP contribution < -0.4 is 15.5 Å². The lowest BCUT2D eigenvalue weighted by molar-refractivity contribution is -0.137. The van der Waals surface area contributed by atoms with Gasteiger partial charge in [0.2, 0.25) is 5.89 Å². The van der Waals surface area contributed by atoms with Crippen LogP contribution in [0.15, 0.2) is 63.0 Å². The van der Waals surface area contributed by atoms with Crippen LogP contribution in [0.25, 0.3) is 21.8 Å². The van der Waals surface area contributed by atoms with Crippen molar-refractivity contribution in [3.8, 4) is 0 Å². The molecule has 0 spiro atoms. The number of carboxylic acids is 1. The number of aliphatic carboxylic acids is 1. The van der Waals surface area contributed by atoms with Gasteiger partial charge < -0.3 is 35.1 Å². The number of benzene rings is 2. The first-order valence-corrected chi connectivity index (χ1v) is 22.5. The Bertz CT molecular complexity index is 2210. The van der Waals surface area contributed by atoms with Crippen molar-refractivity contribution in [2.75, 3.05) is 40.1 Å². The number of piperidine rings is 1. The molecule has 6 heterocycles. The van der Waals surface area contributed by atoms with Crippen molar-refractivity contribution in [1.82, 2.24) is 20.1 Å². The Kier molecular flexibility index (Phi) is 11.3. The van der Waals surface area contributed by atoms with Crippen molar-refractivity contribution in [2.45, 2.75) is 108 Å². The van der Waals surface area contributed by atoms with Crippen molar-refractivity contribution in [2.24, 2.45) is 9.98 Å². The summed E-state index contributed by atoms with van der Waals surface area (Å²) >= 11 is 3.44. The number of aromatic amines is 2. The molecule has 5 N–H and O–H groups in total. The number of aromatic nitrogens is 4. The summed E-state index contributed by atoms with van der Waals surface area (Å²) in [5.74, 6) is 2.34. The standard InChI is InChI=1S/C24H30N6OS.C18H21N3O2S/c1-4-11-30(12-5-1)24-28-21(31-29-24)14-18-15-32-23(26-18)20-13-16-7-6-10-19(22(16)27-20)25-17-8-2-3-9-17;22-16(23)9-13-10-24-18(20-13)15-8-11-4-3-7-14(17(11)21-15)19-12-5-1-2-6-12/h6-7,10,13,17-18,25,27H,1-5,8-9,11-12,14-15H2;3-4,7-8,12-13,19,21H,1-2,5-6,9-10H2,(H,22,23)/t18-;/m1./s1. The van der Waals surface area contributed by atoms with E-state index in [2.05, 4.69) is 89.2 Å². The third kappa shape index (κ3) is 8.61. The van der Waals surface area contributed by atoms with Gasteiger partial charge in [-0.25, -0.2) is 0 Å². The summed E-state index contributed by atoms with van der Waals surface area (Å²) in [5, 5.41) is 24.9. The molecule has 3 fully saturated rings. The predicted molar refractivity (Wildman–Crippen MR) is 230 cm³/mol. The number of rotatable bonds is 11. The number of nitrogens with one attached hydrogen (secondary N) is 4. The molecule has 2 aromatic carbocycles. The number of carboxylic acid groups (broad SMARTS) is 1. The minimum atomic E-state index is -0.787. The zero-order chi connectivity index (χ0) is 37.8. The molecule has 2 saturated carbocycles. The van der Waals surface area contributed by atoms with Crippen LogP contribution in [0.3, 0.4) is 0 Å². The van der Waals surface area contributed by atoms with Gasteiger partial charge in [-0.05, 0) is 74.4 Å². The molecule has 0 amide bonds. The van der Waals surface area contributed by atoms with E-state index >= 15 is 0 Å². The highest BCUT2D eigenvalue weighted by Crippen LogP contribution is 2.33. The number of thioether (sulfide) groups is 2. The molecule has 3 aliphatic heterocycles. The molecule has 5 aromatic rings. The number of fused-ring (bicyclic) bond motifs is 2. The van der Waals surface area contributed by atoms with Gasteiger partial charge >= 0.3 is 5.97 Å². The maximum Gasteiger partial charge on any atom is 0.305 e. The lowest BCUT2D eigenvalue weighted by Crippen LogP contribution is -2.30. The van der Waals surface area contributed by atoms with Gasteiger partial charge in [0, 0.05) is 47.5 Å². The van der Waals surface area contributed by atoms with Crippen LogP contribution in [0, 0.1) is 0 Å². The Morgan fingerprint density at radius 2 is 1.32 bits per heavy atom. The van der Waals surface area contributed by atoms with Gasteiger partial charge in [-0.1, -0.05) is 49.9 Å². The predicted octanol–water partition coefficient (Wildman–Crippen LogP) is 8.86. The van der Waals surface area contributed by atoms with E-state index in [-0.39, 0.29) is 18.5 Å². The fraction of sp³-hybridized carbons (Fsp3) is 0.500. The van der Waals surface area contributed by atoms with Gasteiger partial charge in [-0.3, -0.25) is 14.8 Å². The molecule has 56 heavy (non-hydrogen) atoms.